The molecule has 0 spiro atoms. The van der Waals surface area contributed by atoms with Crippen LogP contribution in [0.15, 0.2) is 65.3 Å². The molecule has 0 radical (unpaired) electrons. The summed E-state index contributed by atoms with van der Waals surface area (Å²) < 4.78 is 34.3. The predicted octanol–water partition coefficient (Wildman–Crippen LogP) is 4.52. The van der Waals surface area contributed by atoms with Crippen LogP contribution in [-0.4, -0.2) is 45.9 Å². The highest BCUT2D eigenvalue weighted by Crippen LogP contribution is 2.45. The van der Waals surface area contributed by atoms with E-state index in [0.29, 0.717) is 27.9 Å². The van der Waals surface area contributed by atoms with Crippen LogP contribution in [0.2, 0.25) is 0 Å². The standard InChI is InChI=1S/C28H23F2N5O3/c1-17-25(18(2)38-34-17)19-8-9-23-22(12-19)21(10-11-32-23)26(37)33-13-24(36)35-16-28(29,30)14-27(35,15-31)20-6-4-3-5-7-20/h3-12H,13-14,16H2,1-2H3,(H,33,37). The molecular weight excluding hydrogens is 492 g/mol. The molecule has 10 heteroatoms. The van der Waals surface area contributed by atoms with E-state index in [4.69, 9.17) is 4.52 Å². The fourth-order valence-corrected chi connectivity index (χ4v) is 5.07. The zero-order valence-corrected chi connectivity index (χ0v) is 20.7. The van der Waals surface area contributed by atoms with Crippen LogP contribution in [-0.2, 0) is 10.3 Å². The average Bonchev–Trinajstić information content (AvgIpc) is 3.41. The maximum atomic E-state index is 14.5. The number of pyridine rings is 1. The summed E-state index contributed by atoms with van der Waals surface area (Å²) in [7, 11) is 0. The molecule has 0 bridgehead atoms. The number of alkyl halides is 2. The molecule has 4 aromatic rings. The number of amides is 2. The number of benzene rings is 2. The fourth-order valence-electron chi connectivity index (χ4n) is 5.07. The first kappa shape index (κ1) is 25.0. The van der Waals surface area contributed by atoms with Crippen molar-refractivity contribution in [3.63, 3.8) is 0 Å². The van der Waals surface area contributed by atoms with Crippen LogP contribution in [0.1, 0.15) is 33.8 Å². The summed E-state index contributed by atoms with van der Waals surface area (Å²) in [6.45, 7) is 2.14. The first-order chi connectivity index (χ1) is 18.1. The molecule has 1 saturated heterocycles. The van der Waals surface area contributed by atoms with Crippen molar-refractivity contribution < 1.29 is 22.9 Å². The fraction of sp³-hybridized carbons (Fsp3) is 0.250. The smallest absolute Gasteiger partial charge is 0.269 e. The van der Waals surface area contributed by atoms with Gasteiger partial charge in [-0.2, -0.15) is 5.26 Å². The summed E-state index contributed by atoms with van der Waals surface area (Å²) in [6.07, 6.45) is 0.658. The molecule has 38 heavy (non-hydrogen) atoms. The van der Waals surface area contributed by atoms with Gasteiger partial charge in [0.2, 0.25) is 5.91 Å². The van der Waals surface area contributed by atoms with E-state index < -0.39 is 42.8 Å². The Balaban J connectivity index is 1.41. The Hall–Kier alpha value is -4.65. The van der Waals surface area contributed by atoms with Gasteiger partial charge in [-0.15, -0.1) is 0 Å². The van der Waals surface area contributed by atoms with Crippen molar-refractivity contribution in [3.8, 4) is 17.2 Å². The lowest BCUT2D eigenvalue weighted by Crippen LogP contribution is -2.48. The number of likely N-dealkylation sites (tertiary alicyclic amines) is 1. The number of fused-ring (bicyclic) bond motifs is 1. The van der Waals surface area contributed by atoms with E-state index in [2.05, 4.69) is 15.5 Å². The van der Waals surface area contributed by atoms with Gasteiger partial charge in [-0.05, 0) is 43.2 Å². The number of aromatic nitrogens is 2. The van der Waals surface area contributed by atoms with Gasteiger partial charge >= 0.3 is 0 Å². The number of aryl methyl sites for hydroxylation is 2. The minimum Gasteiger partial charge on any atom is -0.361 e. The van der Waals surface area contributed by atoms with Crippen molar-refractivity contribution in [3.05, 3.63) is 83.4 Å². The van der Waals surface area contributed by atoms with Crippen LogP contribution in [0.25, 0.3) is 22.0 Å². The topological polar surface area (TPSA) is 112 Å². The summed E-state index contributed by atoms with van der Waals surface area (Å²) in [5.74, 6) is -3.98. The number of nitrogens with one attached hydrogen (secondary N) is 1. The van der Waals surface area contributed by atoms with Gasteiger partial charge in [-0.3, -0.25) is 14.6 Å². The van der Waals surface area contributed by atoms with Gasteiger partial charge in [0.15, 0.2) is 5.54 Å². The van der Waals surface area contributed by atoms with Crippen LogP contribution in [0.5, 0.6) is 0 Å². The first-order valence-electron chi connectivity index (χ1n) is 11.9. The molecule has 0 saturated carbocycles. The van der Waals surface area contributed by atoms with E-state index >= 15 is 0 Å². The van der Waals surface area contributed by atoms with Crippen molar-refractivity contribution >= 4 is 22.7 Å². The Morgan fingerprint density at radius 3 is 2.61 bits per heavy atom. The highest BCUT2D eigenvalue weighted by Gasteiger charge is 2.58. The molecule has 1 aliphatic rings. The first-order valence-corrected chi connectivity index (χ1v) is 11.9. The van der Waals surface area contributed by atoms with E-state index in [9.17, 15) is 23.6 Å². The SMILES string of the molecule is Cc1noc(C)c1-c1ccc2nccc(C(=O)NCC(=O)N3CC(F)(F)CC3(C#N)c3ccccc3)c2c1. The number of halogens is 2. The summed E-state index contributed by atoms with van der Waals surface area (Å²) in [5, 5.41) is 17.0. The molecule has 1 unspecified atom stereocenters. The van der Waals surface area contributed by atoms with Gasteiger partial charge in [0, 0.05) is 17.1 Å². The largest absolute Gasteiger partial charge is 0.361 e. The minimum atomic E-state index is -3.25. The van der Waals surface area contributed by atoms with Gasteiger partial charge in [0.1, 0.15) is 5.76 Å². The van der Waals surface area contributed by atoms with Gasteiger partial charge in [-0.1, -0.05) is 41.6 Å². The number of carbonyl (C=O) groups is 2. The molecule has 3 heterocycles. The Morgan fingerprint density at radius 2 is 1.92 bits per heavy atom. The van der Waals surface area contributed by atoms with Crippen molar-refractivity contribution in [1.82, 2.24) is 20.4 Å². The minimum absolute atomic E-state index is 0.262. The molecule has 5 rings (SSSR count). The third kappa shape index (κ3) is 4.26. The summed E-state index contributed by atoms with van der Waals surface area (Å²) >= 11 is 0. The number of hydrogen-bond acceptors (Lipinski definition) is 6. The maximum absolute atomic E-state index is 14.5. The highest BCUT2D eigenvalue weighted by molar-refractivity contribution is 6.07. The number of carbonyl (C=O) groups excluding carboxylic acids is 2. The molecule has 2 aromatic heterocycles. The van der Waals surface area contributed by atoms with Gasteiger partial charge < -0.3 is 14.7 Å². The Morgan fingerprint density at radius 1 is 1.16 bits per heavy atom. The zero-order valence-electron chi connectivity index (χ0n) is 20.7. The van der Waals surface area contributed by atoms with Gasteiger partial charge in [-0.25, -0.2) is 8.78 Å². The average molecular weight is 516 g/mol. The van der Waals surface area contributed by atoms with Crippen LogP contribution in [0, 0.1) is 25.2 Å². The van der Waals surface area contributed by atoms with Crippen LogP contribution < -0.4 is 5.32 Å². The molecule has 2 aromatic carbocycles. The van der Waals surface area contributed by atoms with E-state index in [1.807, 2.05) is 19.1 Å². The Bertz CT molecular complexity index is 1580. The van der Waals surface area contributed by atoms with Crippen LogP contribution in [0.4, 0.5) is 8.78 Å². The second-order valence-electron chi connectivity index (χ2n) is 9.32. The Kier molecular flexibility index (Phi) is 6.15. The number of nitriles is 1. The molecule has 192 valence electrons. The molecule has 1 fully saturated rings. The second-order valence-corrected chi connectivity index (χ2v) is 9.32. The predicted molar refractivity (Wildman–Crippen MR) is 134 cm³/mol. The van der Waals surface area contributed by atoms with Crippen molar-refractivity contribution in [2.75, 3.05) is 13.1 Å². The maximum Gasteiger partial charge on any atom is 0.269 e. The number of hydrogen-bond donors (Lipinski definition) is 1. The third-order valence-electron chi connectivity index (χ3n) is 6.81. The third-order valence-corrected chi connectivity index (χ3v) is 6.81. The zero-order chi connectivity index (χ0) is 27.1. The number of nitrogens with zero attached hydrogens (tertiary/aromatic N) is 4. The van der Waals surface area contributed by atoms with Gasteiger partial charge in [0.25, 0.3) is 11.8 Å². The van der Waals surface area contributed by atoms with Crippen molar-refractivity contribution in [1.29, 1.82) is 5.26 Å². The lowest BCUT2D eigenvalue weighted by atomic mass is 9.88. The van der Waals surface area contributed by atoms with Crippen molar-refractivity contribution in [2.24, 2.45) is 0 Å². The normalized spacial score (nSPS) is 18.3. The molecule has 1 aliphatic heterocycles. The summed E-state index contributed by atoms with van der Waals surface area (Å²) in [4.78, 5) is 31.5. The van der Waals surface area contributed by atoms with E-state index in [-0.39, 0.29) is 5.56 Å². The lowest BCUT2D eigenvalue weighted by molar-refractivity contribution is -0.133. The monoisotopic (exact) mass is 515 g/mol. The molecule has 8 nitrogen and oxygen atoms in total. The van der Waals surface area contributed by atoms with E-state index in [0.717, 1.165) is 16.0 Å². The molecule has 2 amide bonds. The van der Waals surface area contributed by atoms with E-state index in [1.54, 1.807) is 49.4 Å². The van der Waals surface area contributed by atoms with Crippen molar-refractivity contribution in [2.45, 2.75) is 31.7 Å². The molecule has 0 aliphatic carbocycles. The summed E-state index contributed by atoms with van der Waals surface area (Å²) in [5.41, 5.74) is 1.58. The molecule has 1 atom stereocenters. The molecular formula is C28H23F2N5O3. The number of rotatable bonds is 5. The highest BCUT2D eigenvalue weighted by atomic mass is 19.3. The molecule has 1 N–H and O–H groups in total. The quantitative estimate of drug-likeness (QED) is 0.418. The van der Waals surface area contributed by atoms with Crippen LogP contribution >= 0.6 is 0 Å². The van der Waals surface area contributed by atoms with Crippen LogP contribution in [0.3, 0.4) is 0 Å². The summed E-state index contributed by atoms with van der Waals surface area (Å²) in [6, 6.07) is 16.9. The van der Waals surface area contributed by atoms with E-state index in [1.165, 1.54) is 12.3 Å². The van der Waals surface area contributed by atoms with Gasteiger partial charge in [0.05, 0.1) is 42.4 Å². The Labute approximate surface area is 216 Å². The second kappa shape index (κ2) is 9.34. The lowest BCUT2D eigenvalue weighted by Gasteiger charge is -2.32.